The van der Waals surface area contributed by atoms with E-state index in [0.29, 0.717) is 30.8 Å². The molecular formula is C23H34F6O. The normalized spacial score (nSPS) is 37.2. The van der Waals surface area contributed by atoms with E-state index in [1.54, 1.807) is 0 Å². The average Bonchev–Trinajstić information content (AvgIpc) is 2.69. The summed E-state index contributed by atoms with van der Waals surface area (Å²) in [6, 6.07) is 0. The average molecular weight is 441 g/mol. The van der Waals surface area contributed by atoms with E-state index in [-0.39, 0.29) is 25.7 Å². The van der Waals surface area contributed by atoms with Crippen LogP contribution in [-0.2, 0) is 4.74 Å². The monoisotopic (exact) mass is 440 g/mol. The maximum atomic E-state index is 14.7. The molecule has 0 spiro atoms. The van der Waals surface area contributed by atoms with Crippen LogP contribution in [0.1, 0.15) is 84.0 Å². The fourth-order valence-electron chi connectivity index (χ4n) is 5.68. The minimum Gasteiger partial charge on any atom is -0.317 e. The van der Waals surface area contributed by atoms with Crippen LogP contribution in [0.15, 0.2) is 11.9 Å². The summed E-state index contributed by atoms with van der Waals surface area (Å²) < 4.78 is 84.6. The van der Waals surface area contributed by atoms with Gasteiger partial charge in [0.15, 0.2) is 5.83 Å². The van der Waals surface area contributed by atoms with Crippen molar-refractivity contribution in [2.75, 3.05) is 0 Å². The van der Waals surface area contributed by atoms with Gasteiger partial charge in [0.05, 0.1) is 12.0 Å². The summed E-state index contributed by atoms with van der Waals surface area (Å²) in [5.74, 6) is -1.44. The number of alkyl halides is 5. The van der Waals surface area contributed by atoms with Gasteiger partial charge >= 0.3 is 12.3 Å². The van der Waals surface area contributed by atoms with Crippen LogP contribution < -0.4 is 0 Å². The van der Waals surface area contributed by atoms with Crippen molar-refractivity contribution in [1.29, 1.82) is 0 Å². The molecule has 0 aliphatic heterocycles. The molecule has 0 radical (unpaired) electrons. The highest BCUT2D eigenvalue weighted by Gasteiger charge is 2.46. The number of hydrogen-bond acceptors (Lipinski definition) is 1. The summed E-state index contributed by atoms with van der Waals surface area (Å²) in [5, 5.41) is 0. The molecule has 0 N–H and O–H groups in total. The molecule has 0 aromatic rings. The van der Waals surface area contributed by atoms with Crippen LogP contribution in [-0.4, -0.2) is 18.4 Å². The molecule has 0 aromatic carbocycles. The van der Waals surface area contributed by atoms with Gasteiger partial charge in [-0.1, -0.05) is 19.8 Å². The van der Waals surface area contributed by atoms with Gasteiger partial charge in [0.1, 0.15) is 0 Å². The second kappa shape index (κ2) is 9.83. The molecule has 3 saturated carbocycles. The van der Waals surface area contributed by atoms with E-state index in [2.05, 4.69) is 6.92 Å². The summed E-state index contributed by atoms with van der Waals surface area (Å²) >= 11 is 0. The number of allylic oxidation sites excluding steroid dienone is 2. The predicted molar refractivity (Wildman–Crippen MR) is 104 cm³/mol. The lowest BCUT2D eigenvalue weighted by Gasteiger charge is -2.40. The van der Waals surface area contributed by atoms with Crippen molar-refractivity contribution < 1.29 is 31.1 Å². The molecule has 0 amide bonds. The first-order chi connectivity index (χ1) is 14.0. The maximum absolute atomic E-state index is 14.7. The largest absolute Gasteiger partial charge is 0.442 e. The van der Waals surface area contributed by atoms with Crippen LogP contribution in [0.2, 0.25) is 0 Å². The Kier molecular flexibility index (Phi) is 7.84. The first kappa shape index (κ1) is 23.9. The van der Waals surface area contributed by atoms with Crippen molar-refractivity contribution in [2.45, 2.75) is 102 Å². The highest BCUT2D eigenvalue weighted by atomic mass is 19.4. The fourth-order valence-corrected chi connectivity index (χ4v) is 5.68. The Hall–Kier alpha value is -0.720. The minimum atomic E-state index is -4.98. The quantitative estimate of drug-likeness (QED) is 0.392. The lowest BCUT2D eigenvalue weighted by Crippen LogP contribution is -2.39. The molecule has 7 heteroatoms. The molecular weight excluding hydrogens is 406 g/mol. The van der Waals surface area contributed by atoms with Crippen LogP contribution in [0, 0.1) is 29.6 Å². The highest BCUT2D eigenvalue weighted by Crippen LogP contribution is 2.46. The molecule has 3 rings (SSSR count). The molecule has 1 nitrogen and oxygen atoms in total. The molecule has 0 unspecified atom stereocenters. The molecule has 174 valence electrons. The van der Waals surface area contributed by atoms with Gasteiger partial charge in [-0.25, -0.2) is 4.39 Å². The fraction of sp³-hybridized carbons (Fsp3) is 0.913. The van der Waals surface area contributed by atoms with Gasteiger partial charge in [-0.05, 0) is 94.0 Å². The number of ether oxygens (including phenoxy) is 1. The van der Waals surface area contributed by atoms with E-state index in [0.717, 1.165) is 18.8 Å². The second-order valence-corrected chi connectivity index (χ2v) is 9.86. The van der Waals surface area contributed by atoms with Crippen molar-refractivity contribution in [3.05, 3.63) is 11.9 Å². The van der Waals surface area contributed by atoms with Gasteiger partial charge in [0, 0.05) is 0 Å². The van der Waals surface area contributed by atoms with E-state index in [1.807, 2.05) is 0 Å². The van der Waals surface area contributed by atoms with Crippen LogP contribution in [0.4, 0.5) is 26.3 Å². The summed E-state index contributed by atoms with van der Waals surface area (Å²) in [6.07, 6.45) is 0.202. The highest BCUT2D eigenvalue weighted by molar-refractivity contribution is 5.03. The van der Waals surface area contributed by atoms with E-state index in [4.69, 9.17) is 4.74 Å². The van der Waals surface area contributed by atoms with Crippen LogP contribution in [0.5, 0.6) is 0 Å². The van der Waals surface area contributed by atoms with Crippen LogP contribution in [0.3, 0.4) is 0 Å². The molecule has 3 aliphatic rings. The number of hydrogen-bond donors (Lipinski definition) is 0. The van der Waals surface area contributed by atoms with Crippen LogP contribution >= 0.6 is 0 Å². The van der Waals surface area contributed by atoms with Gasteiger partial charge in [-0.15, -0.1) is 0 Å². The predicted octanol–water partition coefficient (Wildman–Crippen LogP) is 8.20. The van der Waals surface area contributed by atoms with Crippen molar-refractivity contribution in [2.24, 2.45) is 29.6 Å². The van der Waals surface area contributed by atoms with Gasteiger partial charge in [0.25, 0.3) is 0 Å². The zero-order valence-electron chi connectivity index (χ0n) is 17.7. The maximum Gasteiger partial charge on any atom is 0.442 e. The molecule has 0 atom stereocenters. The zero-order chi connectivity index (χ0) is 21.9. The van der Waals surface area contributed by atoms with Crippen molar-refractivity contribution >= 4 is 0 Å². The van der Waals surface area contributed by atoms with Gasteiger partial charge in [0.2, 0.25) is 0 Å². The standard InChI is InChI=1S/C23H34F6O/c1-15-2-6-17(7-3-15)18-8-10-19(11-9-18)23(28,29)30-20-12-4-16(5-13-20)14-21(24)22(25,26)27/h14-20H,2-13H2,1H3. The van der Waals surface area contributed by atoms with E-state index in [1.165, 1.54) is 25.7 Å². The van der Waals surface area contributed by atoms with Crippen molar-refractivity contribution in [3.8, 4) is 0 Å². The second-order valence-electron chi connectivity index (χ2n) is 9.86. The number of rotatable bonds is 5. The van der Waals surface area contributed by atoms with Crippen molar-refractivity contribution in [3.63, 3.8) is 0 Å². The summed E-state index contributed by atoms with van der Waals surface area (Å²) in [7, 11) is 0. The van der Waals surface area contributed by atoms with E-state index in [9.17, 15) is 26.3 Å². The first-order valence-electron chi connectivity index (χ1n) is 11.5. The first-order valence-corrected chi connectivity index (χ1v) is 11.5. The minimum absolute atomic E-state index is 0.233. The molecule has 30 heavy (non-hydrogen) atoms. The number of halogens is 6. The van der Waals surface area contributed by atoms with Crippen LogP contribution in [0.25, 0.3) is 0 Å². The molecule has 0 aromatic heterocycles. The summed E-state index contributed by atoms with van der Waals surface area (Å²) in [6.45, 7) is 2.28. The Balaban J connectivity index is 1.43. The smallest absolute Gasteiger partial charge is 0.317 e. The molecule has 0 saturated heterocycles. The molecule has 0 bridgehead atoms. The topological polar surface area (TPSA) is 9.23 Å². The Labute approximate surface area is 175 Å². The Bertz CT molecular complexity index is 563. The Morgan fingerprint density at radius 1 is 0.733 bits per heavy atom. The summed E-state index contributed by atoms with van der Waals surface area (Å²) in [5.41, 5.74) is 0. The Morgan fingerprint density at radius 2 is 1.23 bits per heavy atom. The SMILES string of the molecule is CC1CCC(C2CCC(C(F)(F)OC3CCC(C=C(F)C(F)(F)F)CC3)CC2)CC1. The summed E-state index contributed by atoms with van der Waals surface area (Å²) in [4.78, 5) is 0. The lowest BCUT2D eigenvalue weighted by molar-refractivity contribution is -0.302. The van der Waals surface area contributed by atoms with E-state index >= 15 is 0 Å². The lowest BCUT2D eigenvalue weighted by atomic mass is 9.69. The van der Waals surface area contributed by atoms with Gasteiger partial charge in [-0.2, -0.15) is 22.0 Å². The molecule has 3 fully saturated rings. The zero-order valence-corrected chi connectivity index (χ0v) is 17.7. The third-order valence-electron chi connectivity index (χ3n) is 7.67. The van der Waals surface area contributed by atoms with E-state index < -0.39 is 36.1 Å². The van der Waals surface area contributed by atoms with Gasteiger partial charge < -0.3 is 4.74 Å². The van der Waals surface area contributed by atoms with Gasteiger partial charge in [-0.3, -0.25) is 0 Å². The molecule has 3 aliphatic carbocycles. The molecule has 0 heterocycles. The van der Waals surface area contributed by atoms with Crippen molar-refractivity contribution in [1.82, 2.24) is 0 Å². The third kappa shape index (κ3) is 6.39. The Morgan fingerprint density at radius 3 is 1.73 bits per heavy atom. The third-order valence-corrected chi connectivity index (χ3v) is 7.67.